The van der Waals surface area contributed by atoms with Gasteiger partial charge in [0.05, 0.1) is 6.04 Å². The molecule has 4 aliphatic rings. The molecule has 1 saturated heterocycles. The highest BCUT2D eigenvalue weighted by molar-refractivity contribution is 6.38. The Kier molecular flexibility index (Phi) is 11.6. The fourth-order valence-electron chi connectivity index (χ4n) is 8.01. The van der Waals surface area contributed by atoms with Crippen molar-refractivity contribution in [2.75, 3.05) is 13.1 Å². The summed E-state index contributed by atoms with van der Waals surface area (Å²) in [5.74, 6) is -3.27. The van der Waals surface area contributed by atoms with Crippen LogP contribution in [0.2, 0.25) is 0 Å². The SMILES string of the molecule is CC(C)(C)OC(=O)N[C@H](C(=O)N1C[C@H]2[C@@H](C1C(=O)NC(CC1CCC1)C(=O)C(=O)NCC(=O)OCc1ccccc1)C2(C)C)C1CCCCC1. The van der Waals surface area contributed by atoms with E-state index in [-0.39, 0.29) is 41.6 Å². The number of piperidine rings is 1. The van der Waals surface area contributed by atoms with E-state index in [0.29, 0.717) is 13.0 Å². The van der Waals surface area contributed by atoms with Crippen molar-refractivity contribution in [3.05, 3.63) is 35.9 Å². The number of nitrogens with one attached hydrogen (secondary N) is 3. The molecule has 0 bridgehead atoms. The molecule has 12 heteroatoms. The molecule has 5 rings (SSSR count). The number of alkyl carbamates (subject to hydrolysis) is 1. The molecule has 3 saturated carbocycles. The molecule has 4 amide bonds. The first-order valence-electron chi connectivity index (χ1n) is 18.3. The first kappa shape index (κ1) is 37.3. The summed E-state index contributed by atoms with van der Waals surface area (Å²) in [5, 5.41) is 8.09. The average Bonchev–Trinajstić information content (AvgIpc) is 3.36. The number of hydrogen-bond donors (Lipinski definition) is 3. The van der Waals surface area contributed by atoms with Crippen LogP contribution in [-0.4, -0.2) is 77.3 Å². The quantitative estimate of drug-likeness (QED) is 0.206. The average molecular weight is 695 g/mol. The summed E-state index contributed by atoms with van der Waals surface area (Å²) >= 11 is 0. The van der Waals surface area contributed by atoms with E-state index in [1.165, 1.54) is 0 Å². The molecule has 1 aromatic carbocycles. The van der Waals surface area contributed by atoms with Crippen molar-refractivity contribution in [3.63, 3.8) is 0 Å². The molecular formula is C38H54N4O8. The van der Waals surface area contributed by atoms with E-state index in [9.17, 15) is 28.8 Å². The second-order valence-corrected chi connectivity index (χ2v) is 16.2. The van der Waals surface area contributed by atoms with Crippen LogP contribution in [0.15, 0.2) is 30.3 Å². The zero-order valence-corrected chi connectivity index (χ0v) is 30.1. The van der Waals surface area contributed by atoms with Crippen molar-refractivity contribution in [2.45, 2.75) is 123 Å². The van der Waals surface area contributed by atoms with Crippen LogP contribution in [-0.2, 0) is 40.1 Å². The smallest absolute Gasteiger partial charge is 0.408 e. The maximum absolute atomic E-state index is 14.4. The Balaban J connectivity index is 1.27. The van der Waals surface area contributed by atoms with Gasteiger partial charge in [-0.15, -0.1) is 0 Å². The number of ether oxygens (including phenoxy) is 2. The van der Waals surface area contributed by atoms with Gasteiger partial charge in [0.15, 0.2) is 0 Å². The third-order valence-electron chi connectivity index (χ3n) is 11.1. The summed E-state index contributed by atoms with van der Waals surface area (Å²) in [7, 11) is 0. The van der Waals surface area contributed by atoms with Crippen LogP contribution in [0.5, 0.6) is 0 Å². The molecular weight excluding hydrogens is 640 g/mol. The summed E-state index contributed by atoms with van der Waals surface area (Å²) in [4.78, 5) is 82.0. The van der Waals surface area contributed by atoms with Crippen molar-refractivity contribution in [1.82, 2.24) is 20.9 Å². The van der Waals surface area contributed by atoms with E-state index < -0.39 is 59.9 Å². The maximum atomic E-state index is 14.4. The van der Waals surface area contributed by atoms with Gasteiger partial charge in [0.2, 0.25) is 17.6 Å². The number of Topliss-reactive ketones (excluding diaryl/α,β-unsaturated/α-hetero) is 1. The monoisotopic (exact) mass is 694 g/mol. The predicted octanol–water partition coefficient (Wildman–Crippen LogP) is 4.05. The Hall–Kier alpha value is -3.96. The highest BCUT2D eigenvalue weighted by Crippen LogP contribution is 2.65. The topological polar surface area (TPSA) is 160 Å². The predicted molar refractivity (Wildman–Crippen MR) is 184 cm³/mol. The Morgan fingerprint density at radius 3 is 2.22 bits per heavy atom. The number of esters is 1. The van der Waals surface area contributed by atoms with Crippen LogP contribution in [0.3, 0.4) is 0 Å². The minimum absolute atomic E-state index is 0.0356. The molecule has 1 heterocycles. The zero-order valence-electron chi connectivity index (χ0n) is 30.1. The normalized spacial score (nSPS) is 24.1. The molecule has 1 aromatic rings. The second-order valence-electron chi connectivity index (χ2n) is 16.2. The Morgan fingerprint density at radius 1 is 0.920 bits per heavy atom. The van der Waals surface area contributed by atoms with E-state index >= 15 is 0 Å². The van der Waals surface area contributed by atoms with Gasteiger partial charge in [-0.05, 0) is 74.7 Å². The highest BCUT2D eigenvalue weighted by Gasteiger charge is 2.69. The zero-order chi connectivity index (χ0) is 36.2. The van der Waals surface area contributed by atoms with E-state index in [2.05, 4.69) is 29.8 Å². The Bertz CT molecular complexity index is 1430. The third-order valence-corrected chi connectivity index (χ3v) is 11.1. The van der Waals surface area contributed by atoms with E-state index in [1.54, 1.807) is 37.8 Å². The molecule has 274 valence electrons. The van der Waals surface area contributed by atoms with Crippen LogP contribution in [0.25, 0.3) is 0 Å². The van der Waals surface area contributed by atoms with Crippen LogP contribution >= 0.6 is 0 Å². The van der Waals surface area contributed by atoms with Gasteiger partial charge >= 0.3 is 12.1 Å². The second kappa shape index (κ2) is 15.5. The molecule has 0 spiro atoms. The lowest BCUT2D eigenvalue weighted by Gasteiger charge is -2.37. The molecule has 0 radical (unpaired) electrons. The largest absolute Gasteiger partial charge is 0.460 e. The summed E-state index contributed by atoms with van der Waals surface area (Å²) in [6.07, 6.45) is 6.92. The van der Waals surface area contributed by atoms with Gasteiger partial charge in [0, 0.05) is 6.54 Å². The number of hydrogen-bond acceptors (Lipinski definition) is 8. The number of nitrogens with zero attached hydrogens (tertiary/aromatic N) is 1. The Morgan fingerprint density at radius 2 is 1.60 bits per heavy atom. The van der Waals surface area contributed by atoms with Crippen LogP contribution in [0.4, 0.5) is 4.79 Å². The molecule has 12 nitrogen and oxygen atoms in total. The number of likely N-dealkylation sites (tertiary alicyclic amines) is 1. The van der Waals surface area contributed by atoms with Gasteiger partial charge in [0.1, 0.15) is 30.8 Å². The standard InChI is InChI=1S/C38H54N4O8/c1-37(2,3)50-36(48)41-30(25-17-10-7-11-18-25)35(47)42-21-26-29(38(26,4)5)31(42)33(45)40-27(19-23-15-12-16-23)32(44)34(46)39-20-28(43)49-22-24-13-8-6-9-14-24/h6,8-9,13-14,23,25-27,29-31H,7,10-12,15-22H2,1-5H3,(H,39,46)(H,40,45)(H,41,48)/t26-,27?,29-,30-,31?/m0/s1. The lowest BCUT2D eigenvalue weighted by Crippen LogP contribution is -2.60. The summed E-state index contributed by atoms with van der Waals surface area (Å²) in [6.45, 7) is 9.35. The summed E-state index contributed by atoms with van der Waals surface area (Å²) in [6, 6.07) is 6.28. The van der Waals surface area contributed by atoms with Crippen molar-refractivity contribution < 1.29 is 38.2 Å². The fourth-order valence-corrected chi connectivity index (χ4v) is 8.01. The third kappa shape index (κ3) is 9.03. The van der Waals surface area contributed by atoms with Gasteiger partial charge in [0.25, 0.3) is 5.91 Å². The molecule has 5 atom stereocenters. The number of ketones is 1. The van der Waals surface area contributed by atoms with Crippen molar-refractivity contribution >= 4 is 35.6 Å². The maximum Gasteiger partial charge on any atom is 0.408 e. The number of amides is 4. The molecule has 2 unspecified atom stereocenters. The fraction of sp³-hybridized carbons (Fsp3) is 0.684. The van der Waals surface area contributed by atoms with E-state index in [4.69, 9.17) is 9.47 Å². The van der Waals surface area contributed by atoms with E-state index in [0.717, 1.165) is 56.9 Å². The Labute approximate surface area is 295 Å². The van der Waals surface area contributed by atoms with Crippen molar-refractivity contribution in [2.24, 2.45) is 29.1 Å². The van der Waals surface area contributed by atoms with Gasteiger partial charge in [-0.2, -0.15) is 0 Å². The first-order valence-corrected chi connectivity index (χ1v) is 18.3. The lowest BCUT2D eigenvalue weighted by atomic mass is 9.80. The minimum Gasteiger partial charge on any atom is -0.460 e. The summed E-state index contributed by atoms with van der Waals surface area (Å²) in [5.41, 5.74) is -0.150. The van der Waals surface area contributed by atoms with Crippen LogP contribution < -0.4 is 16.0 Å². The number of benzene rings is 1. The summed E-state index contributed by atoms with van der Waals surface area (Å²) < 4.78 is 10.7. The lowest BCUT2D eigenvalue weighted by molar-refractivity contribution is -0.147. The first-order chi connectivity index (χ1) is 23.7. The van der Waals surface area contributed by atoms with Gasteiger partial charge in [-0.3, -0.25) is 24.0 Å². The van der Waals surface area contributed by atoms with E-state index in [1.807, 2.05) is 18.2 Å². The number of carbonyl (C=O) groups is 6. The van der Waals surface area contributed by atoms with Crippen molar-refractivity contribution in [1.29, 1.82) is 0 Å². The number of rotatable bonds is 13. The number of fused-ring (bicyclic) bond motifs is 1. The van der Waals surface area contributed by atoms with Crippen LogP contribution in [0, 0.1) is 29.1 Å². The minimum atomic E-state index is -1.11. The molecule has 50 heavy (non-hydrogen) atoms. The molecule has 3 N–H and O–H groups in total. The molecule has 3 aliphatic carbocycles. The van der Waals surface area contributed by atoms with Crippen LogP contribution in [0.1, 0.15) is 98.0 Å². The molecule has 4 fully saturated rings. The number of carbonyl (C=O) groups excluding carboxylic acids is 6. The molecule has 1 aliphatic heterocycles. The van der Waals surface area contributed by atoms with Gasteiger partial charge in [-0.25, -0.2) is 4.79 Å². The van der Waals surface area contributed by atoms with Crippen molar-refractivity contribution in [3.8, 4) is 0 Å². The van der Waals surface area contributed by atoms with Gasteiger partial charge < -0.3 is 30.3 Å². The molecule has 0 aromatic heterocycles. The van der Waals surface area contributed by atoms with Gasteiger partial charge in [-0.1, -0.05) is 82.7 Å². The highest BCUT2D eigenvalue weighted by atomic mass is 16.6.